The van der Waals surface area contributed by atoms with E-state index in [-0.39, 0.29) is 12.3 Å². The van der Waals surface area contributed by atoms with E-state index in [4.69, 9.17) is 0 Å². The Morgan fingerprint density at radius 3 is 1.51 bits per heavy atom. The summed E-state index contributed by atoms with van der Waals surface area (Å²) in [6, 6.07) is -1.06. The third-order valence-corrected chi connectivity index (χ3v) is 8.78. The molecule has 0 saturated carbocycles. The molecule has 0 heterocycles. The predicted octanol–water partition coefficient (Wildman–Crippen LogP) is 10.3. The molecule has 0 fully saturated rings. The lowest BCUT2D eigenvalue weighted by Gasteiger charge is -2.21. The van der Waals surface area contributed by atoms with Crippen LogP contribution in [0.1, 0.15) is 168 Å². The SMILES string of the molecule is CCCCC/C=C\C/C=C\C/C=C\CCCCCCCCC(=O)NC(CS(=O)(=O)O)C(O)/C=C/CCCCCCCCCCC. The third kappa shape index (κ3) is 33.5. The number of amides is 1. The summed E-state index contributed by atoms with van der Waals surface area (Å²) in [6.07, 6.45) is 42.3. The number of hydrogen-bond acceptors (Lipinski definition) is 4. The number of allylic oxidation sites excluding steroid dienone is 7. The second-order valence-corrected chi connectivity index (χ2v) is 14.0. The monoisotopic (exact) mass is 651 g/mol. The van der Waals surface area contributed by atoms with E-state index in [1.807, 2.05) is 6.08 Å². The summed E-state index contributed by atoms with van der Waals surface area (Å²) < 4.78 is 32.3. The van der Waals surface area contributed by atoms with E-state index in [1.165, 1.54) is 83.5 Å². The van der Waals surface area contributed by atoms with Gasteiger partial charge in [-0.15, -0.1) is 0 Å². The summed E-state index contributed by atoms with van der Waals surface area (Å²) in [5.74, 6) is -0.999. The molecule has 0 radical (unpaired) electrons. The molecule has 0 saturated heterocycles. The number of nitrogens with one attached hydrogen (secondary N) is 1. The molecule has 3 N–H and O–H groups in total. The Balaban J connectivity index is 4.00. The van der Waals surface area contributed by atoms with Crippen LogP contribution in [0, 0.1) is 0 Å². The van der Waals surface area contributed by atoms with Crippen molar-refractivity contribution >= 4 is 16.0 Å². The number of unbranched alkanes of at least 4 members (excludes halogenated alkanes) is 18. The highest BCUT2D eigenvalue weighted by Gasteiger charge is 2.24. The van der Waals surface area contributed by atoms with Crippen molar-refractivity contribution in [3.05, 3.63) is 48.6 Å². The van der Waals surface area contributed by atoms with Crippen LogP contribution in [-0.4, -0.2) is 41.9 Å². The molecule has 7 heteroatoms. The van der Waals surface area contributed by atoms with Crippen LogP contribution in [-0.2, 0) is 14.9 Å². The molecule has 0 aliphatic rings. The molecule has 262 valence electrons. The van der Waals surface area contributed by atoms with E-state index in [0.29, 0.717) is 0 Å². The van der Waals surface area contributed by atoms with E-state index in [2.05, 4.69) is 55.6 Å². The first-order valence-corrected chi connectivity index (χ1v) is 19.9. The number of carbonyl (C=O) groups excluding carboxylic acids is 1. The zero-order chi connectivity index (χ0) is 33.3. The van der Waals surface area contributed by atoms with Crippen molar-refractivity contribution in [3.63, 3.8) is 0 Å². The first-order valence-electron chi connectivity index (χ1n) is 18.3. The fraction of sp³-hybridized carbons (Fsp3) is 0.763. The van der Waals surface area contributed by atoms with Crippen LogP contribution >= 0.6 is 0 Å². The smallest absolute Gasteiger partial charge is 0.267 e. The number of hydrogen-bond donors (Lipinski definition) is 3. The van der Waals surface area contributed by atoms with Crippen molar-refractivity contribution in [2.24, 2.45) is 0 Å². The molecule has 0 spiro atoms. The number of carbonyl (C=O) groups is 1. The van der Waals surface area contributed by atoms with Gasteiger partial charge in [-0.05, 0) is 57.8 Å². The molecular weight excluding hydrogens is 582 g/mol. The molecule has 0 aliphatic carbocycles. The van der Waals surface area contributed by atoms with Gasteiger partial charge in [0.2, 0.25) is 5.91 Å². The molecular formula is C38H69NO5S. The second-order valence-electron chi connectivity index (χ2n) is 12.5. The molecule has 2 unspecified atom stereocenters. The van der Waals surface area contributed by atoms with Gasteiger partial charge in [-0.3, -0.25) is 9.35 Å². The third-order valence-electron chi connectivity index (χ3n) is 8.00. The van der Waals surface area contributed by atoms with E-state index in [1.54, 1.807) is 6.08 Å². The highest BCUT2D eigenvalue weighted by Crippen LogP contribution is 2.12. The van der Waals surface area contributed by atoms with Gasteiger partial charge in [-0.1, -0.05) is 152 Å². The quantitative estimate of drug-likeness (QED) is 0.0381. The highest BCUT2D eigenvalue weighted by molar-refractivity contribution is 7.85. The minimum atomic E-state index is -4.34. The van der Waals surface area contributed by atoms with Crippen molar-refractivity contribution in [1.29, 1.82) is 0 Å². The first-order chi connectivity index (χ1) is 21.8. The van der Waals surface area contributed by atoms with Gasteiger partial charge in [0.15, 0.2) is 0 Å². The topological polar surface area (TPSA) is 104 Å². The molecule has 2 atom stereocenters. The van der Waals surface area contributed by atoms with Crippen LogP contribution in [0.2, 0.25) is 0 Å². The summed E-state index contributed by atoms with van der Waals surface area (Å²) in [5.41, 5.74) is 0. The van der Waals surface area contributed by atoms with Gasteiger partial charge in [0.25, 0.3) is 10.1 Å². The molecule has 6 nitrogen and oxygen atoms in total. The van der Waals surface area contributed by atoms with Gasteiger partial charge in [-0.25, -0.2) is 0 Å². The molecule has 0 bridgehead atoms. The maximum absolute atomic E-state index is 12.4. The first kappa shape index (κ1) is 43.3. The Morgan fingerprint density at radius 2 is 1.00 bits per heavy atom. The Labute approximate surface area is 278 Å². The van der Waals surface area contributed by atoms with Crippen molar-refractivity contribution in [3.8, 4) is 0 Å². The summed E-state index contributed by atoms with van der Waals surface area (Å²) >= 11 is 0. The van der Waals surface area contributed by atoms with E-state index >= 15 is 0 Å². The Morgan fingerprint density at radius 1 is 0.600 bits per heavy atom. The van der Waals surface area contributed by atoms with Crippen molar-refractivity contribution in [1.82, 2.24) is 5.32 Å². The largest absolute Gasteiger partial charge is 0.387 e. The average molecular weight is 652 g/mol. The predicted molar refractivity (Wildman–Crippen MR) is 193 cm³/mol. The highest BCUT2D eigenvalue weighted by atomic mass is 32.2. The fourth-order valence-corrected chi connectivity index (χ4v) is 5.95. The lowest BCUT2D eigenvalue weighted by Crippen LogP contribution is -2.46. The van der Waals surface area contributed by atoms with Crippen LogP contribution in [0.15, 0.2) is 48.6 Å². The van der Waals surface area contributed by atoms with Gasteiger partial charge in [0.05, 0.1) is 17.9 Å². The Bertz CT molecular complexity index is 894. The van der Waals surface area contributed by atoms with E-state index in [9.17, 15) is 22.9 Å². The number of aliphatic hydroxyl groups is 1. The van der Waals surface area contributed by atoms with Gasteiger partial charge < -0.3 is 10.4 Å². The van der Waals surface area contributed by atoms with Crippen molar-refractivity contribution < 1.29 is 22.9 Å². The van der Waals surface area contributed by atoms with Gasteiger partial charge in [0, 0.05) is 6.42 Å². The van der Waals surface area contributed by atoms with Crippen molar-refractivity contribution in [2.45, 2.75) is 180 Å². The summed E-state index contributed by atoms with van der Waals surface area (Å²) in [6.45, 7) is 4.46. The van der Waals surface area contributed by atoms with Gasteiger partial charge >= 0.3 is 0 Å². The molecule has 0 aliphatic heterocycles. The van der Waals surface area contributed by atoms with Gasteiger partial charge in [-0.2, -0.15) is 8.42 Å². The summed E-state index contributed by atoms with van der Waals surface area (Å²) in [7, 11) is -4.34. The average Bonchev–Trinajstić information content (AvgIpc) is 3.00. The zero-order valence-corrected chi connectivity index (χ0v) is 29.8. The molecule has 45 heavy (non-hydrogen) atoms. The van der Waals surface area contributed by atoms with E-state index < -0.39 is 28.0 Å². The van der Waals surface area contributed by atoms with Gasteiger partial charge in [0.1, 0.15) is 0 Å². The van der Waals surface area contributed by atoms with Crippen LogP contribution in [0.25, 0.3) is 0 Å². The normalized spacial score (nSPS) is 14.0. The number of aliphatic hydroxyl groups excluding tert-OH is 1. The van der Waals surface area contributed by atoms with Crippen molar-refractivity contribution in [2.75, 3.05) is 5.75 Å². The Hall–Kier alpha value is -1.70. The summed E-state index contributed by atoms with van der Waals surface area (Å²) in [5, 5.41) is 13.1. The molecule has 0 aromatic carbocycles. The summed E-state index contributed by atoms with van der Waals surface area (Å²) in [4.78, 5) is 12.4. The minimum absolute atomic E-state index is 0.280. The molecule has 1 amide bonds. The maximum atomic E-state index is 12.4. The molecule has 0 rings (SSSR count). The molecule has 0 aromatic heterocycles. The van der Waals surface area contributed by atoms with Crippen LogP contribution in [0.5, 0.6) is 0 Å². The lowest BCUT2D eigenvalue weighted by molar-refractivity contribution is -0.122. The lowest BCUT2D eigenvalue weighted by atomic mass is 10.1. The zero-order valence-electron chi connectivity index (χ0n) is 29.0. The van der Waals surface area contributed by atoms with Crippen LogP contribution < -0.4 is 5.32 Å². The maximum Gasteiger partial charge on any atom is 0.267 e. The van der Waals surface area contributed by atoms with Crippen LogP contribution in [0.4, 0.5) is 0 Å². The Kier molecular flexibility index (Phi) is 31.0. The number of rotatable bonds is 32. The molecule has 0 aromatic rings. The minimum Gasteiger partial charge on any atom is -0.387 e. The van der Waals surface area contributed by atoms with Crippen LogP contribution in [0.3, 0.4) is 0 Å². The second kappa shape index (κ2) is 32.2. The fourth-order valence-electron chi connectivity index (χ4n) is 5.22. The standard InChI is InChI=1S/C38H69NO5S/c1-3-5-7-9-11-13-15-16-17-18-19-20-21-22-24-26-28-30-32-34-38(41)39-36(35-45(42,43)44)37(40)33-31-29-27-25-23-14-12-10-8-6-4-2/h11,13,16-17,19-20,31,33,36-37,40H,3-10,12,14-15,18,21-30,32,34-35H2,1-2H3,(H,39,41)(H,42,43,44)/b13-11-,17-16-,20-19-,33-31+. The van der Waals surface area contributed by atoms with E-state index in [0.717, 1.165) is 64.2 Å².